The first-order chi connectivity index (χ1) is 7.73. The number of benzene rings is 1. The van der Waals surface area contributed by atoms with Gasteiger partial charge in [0.1, 0.15) is 0 Å². The van der Waals surface area contributed by atoms with Crippen molar-refractivity contribution in [2.45, 2.75) is 31.8 Å². The van der Waals surface area contributed by atoms with Gasteiger partial charge in [-0.2, -0.15) is 8.78 Å². The van der Waals surface area contributed by atoms with E-state index < -0.39 is 17.5 Å². The van der Waals surface area contributed by atoms with Crippen molar-refractivity contribution in [1.82, 2.24) is 0 Å². The van der Waals surface area contributed by atoms with Gasteiger partial charge in [-0.25, -0.2) is 4.79 Å². The Morgan fingerprint density at radius 2 is 1.76 bits per heavy atom. The number of carboxylic acid groups (broad SMARTS) is 1. The molecule has 1 unspecified atom stereocenters. The Bertz CT molecular complexity index is 410. The molecule has 0 radical (unpaired) electrons. The highest BCUT2D eigenvalue weighted by molar-refractivity contribution is 5.77. The van der Waals surface area contributed by atoms with Crippen molar-refractivity contribution >= 4 is 5.97 Å². The van der Waals surface area contributed by atoms with Crippen molar-refractivity contribution in [3.05, 3.63) is 35.4 Å². The third kappa shape index (κ3) is 2.29. The Morgan fingerprint density at radius 3 is 2.12 bits per heavy atom. The highest BCUT2D eigenvalue weighted by Crippen LogP contribution is 2.37. The van der Waals surface area contributed by atoms with Gasteiger partial charge in [-0.15, -0.1) is 0 Å². The van der Waals surface area contributed by atoms with Crippen LogP contribution in [0.5, 0.6) is 0 Å². The number of carbonyl (C=O) groups is 1. The average molecular weight is 244 g/mol. The van der Waals surface area contributed by atoms with E-state index in [0.717, 1.165) is 18.9 Å². The molecule has 0 saturated carbocycles. The lowest BCUT2D eigenvalue weighted by Gasteiger charge is -2.29. The molecule has 5 heteroatoms. The van der Waals surface area contributed by atoms with E-state index in [4.69, 9.17) is 5.11 Å². The molecule has 1 aromatic carbocycles. The van der Waals surface area contributed by atoms with E-state index >= 15 is 0 Å². The Morgan fingerprint density at radius 1 is 1.29 bits per heavy atom. The number of carboxylic acids is 1. The molecule has 1 aromatic rings. The molecule has 0 aliphatic rings. The van der Waals surface area contributed by atoms with Crippen molar-refractivity contribution in [3.63, 3.8) is 0 Å². The van der Waals surface area contributed by atoms with Gasteiger partial charge in [-0.05, 0) is 24.5 Å². The summed E-state index contributed by atoms with van der Waals surface area (Å²) in [6.45, 7) is 2.70. The summed E-state index contributed by atoms with van der Waals surface area (Å²) in [5.74, 6) is -6.58. The fourth-order valence-corrected chi connectivity index (χ4v) is 1.45. The standard InChI is InChI=1S/C12H14F2O3/c1-3-8-4-6-9(7-5-8)11(2,17)12(13,14)10(15)16/h4-7,17H,3H2,1-2H3,(H,15,16). The summed E-state index contributed by atoms with van der Waals surface area (Å²) in [4.78, 5) is 10.5. The highest BCUT2D eigenvalue weighted by Gasteiger charge is 2.56. The number of hydrogen-bond donors (Lipinski definition) is 2. The van der Waals surface area contributed by atoms with Gasteiger partial charge >= 0.3 is 11.9 Å². The molecule has 0 saturated heterocycles. The molecule has 3 nitrogen and oxygen atoms in total. The number of aliphatic carboxylic acids is 1. The molecule has 0 heterocycles. The van der Waals surface area contributed by atoms with E-state index in [0.29, 0.717) is 0 Å². The average Bonchev–Trinajstić information content (AvgIpc) is 2.28. The summed E-state index contributed by atoms with van der Waals surface area (Å²) < 4.78 is 26.7. The topological polar surface area (TPSA) is 57.5 Å². The van der Waals surface area contributed by atoms with Crippen LogP contribution in [0.4, 0.5) is 8.78 Å². The maximum absolute atomic E-state index is 13.3. The second-order valence-corrected chi connectivity index (χ2v) is 4.00. The Hall–Kier alpha value is -1.49. The molecular formula is C12H14F2O3. The minimum atomic E-state index is -4.24. The predicted octanol–water partition coefficient (Wildman–Crippen LogP) is 2.18. The van der Waals surface area contributed by atoms with Crippen LogP contribution in [0.15, 0.2) is 24.3 Å². The van der Waals surface area contributed by atoms with E-state index in [2.05, 4.69) is 0 Å². The first-order valence-corrected chi connectivity index (χ1v) is 5.16. The third-order valence-electron chi connectivity index (χ3n) is 2.80. The second kappa shape index (κ2) is 4.41. The summed E-state index contributed by atoms with van der Waals surface area (Å²) in [6.07, 6.45) is 0.734. The van der Waals surface area contributed by atoms with Crippen molar-refractivity contribution in [2.75, 3.05) is 0 Å². The molecule has 2 N–H and O–H groups in total. The summed E-state index contributed by atoms with van der Waals surface area (Å²) >= 11 is 0. The molecule has 17 heavy (non-hydrogen) atoms. The van der Waals surface area contributed by atoms with Gasteiger partial charge in [0.05, 0.1) is 0 Å². The second-order valence-electron chi connectivity index (χ2n) is 4.00. The quantitative estimate of drug-likeness (QED) is 0.853. The normalized spacial score (nSPS) is 15.4. The first-order valence-electron chi connectivity index (χ1n) is 5.16. The number of halogens is 2. The molecule has 0 fully saturated rings. The summed E-state index contributed by atoms with van der Waals surface area (Å²) in [7, 11) is 0. The van der Waals surface area contributed by atoms with E-state index in [1.807, 2.05) is 6.92 Å². The molecule has 1 rings (SSSR count). The number of alkyl halides is 2. The van der Waals surface area contributed by atoms with Crippen LogP contribution in [0, 0.1) is 0 Å². The van der Waals surface area contributed by atoms with E-state index in [-0.39, 0.29) is 5.56 Å². The fraction of sp³-hybridized carbons (Fsp3) is 0.417. The first kappa shape index (κ1) is 13.6. The minimum absolute atomic E-state index is 0.123. The zero-order chi connectivity index (χ0) is 13.3. The molecule has 0 aromatic heterocycles. The van der Waals surface area contributed by atoms with E-state index in [1.54, 1.807) is 12.1 Å². The van der Waals surface area contributed by atoms with Gasteiger partial charge in [0, 0.05) is 0 Å². The molecule has 0 amide bonds. The van der Waals surface area contributed by atoms with Crippen LogP contribution in [0.2, 0.25) is 0 Å². The van der Waals surface area contributed by atoms with Gasteiger partial charge in [0.2, 0.25) is 0 Å². The molecule has 94 valence electrons. The lowest BCUT2D eigenvalue weighted by atomic mass is 9.88. The maximum Gasteiger partial charge on any atom is 0.378 e. The summed E-state index contributed by atoms with van der Waals surface area (Å²) in [5, 5.41) is 18.1. The largest absolute Gasteiger partial charge is 0.477 e. The molecule has 0 aliphatic carbocycles. The Labute approximate surface area is 97.7 Å². The van der Waals surface area contributed by atoms with Gasteiger partial charge in [0.15, 0.2) is 5.60 Å². The van der Waals surface area contributed by atoms with Crippen molar-refractivity contribution in [3.8, 4) is 0 Å². The lowest BCUT2D eigenvalue weighted by Crippen LogP contribution is -2.48. The van der Waals surface area contributed by atoms with E-state index in [1.165, 1.54) is 12.1 Å². The fourth-order valence-electron chi connectivity index (χ4n) is 1.45. The molecule has 0 spiro atoms. The third-order valence-corrected chi connectivity index (χ3v) is 2.80. The van der Waals surface area contributed by atoms with Crippen LogP contribution < -0.4 is 0 Å². The van der Waals surface area contributed by atoms with Crippen LogP contribution >= 0.6 is 0 Å². The predicted molar refractivity (Wildman–Crippen MR) is 58.0 cm³/mol. The van der Waals surface area contributed by atoms with Crippen molar-refractivity contribution in [2.24, 2.45) is 0 Å². The zero-order valence-corrected chi connectivity index (χ0v) is 9.58. The Kier molecular flexibility index (Phi) is 3.52. The Balaban J connectivity index is 3.16. The SMILES string of the molecule is CCc1ccc(C(C)(O)C(F)(F)C(=O)O)cc1. The van der Waals surface area contributed by atoms with Gasteiger partial charge in [0.25, 0.3) is 0 Å². The van der Waals surface area contributed by atoms with Gasteiger partial charge in [-0.3, -0.25) is 0 Å². The molecule has 1 atom stereocenters. The van der Waals surface area contributed by atoms with Crippen LogP contribution in [0.25, 0.3) is 0 Å². The highest BCUT2D eigenvalue weighted by atomic mass is 19.3. The van der Waals surface area contributed by atoms with Crippen LogP contribution in [-0.4, -0.2) is 22.1 Å². The maximum atomic E-state index is 13.3. The number of aliphatic hydroxyl groups is 1. The van der Waals surface area contributed by atoms with Crippen molar-refractivity contribution < 1.29 is 23.8 Å². The molecule has 0 bridgehead atoms. The molecular weight excluding hydrogens is 230 g/mol. The summed E-state index contributed by atoms with van der Waals surface area (Å²) in [6, 6.07) is 5.80. The monoisotopic (exact) mass is 244 g/mol. The van der Waals surface area contributed by atoms with Crippen LogP contribution in [0.3, 0.4) is 0 Å². The lowest BCUT2D eigenvalue weighted by molar-refractivity contribution is -0.207. The van der Waals surface area contributed by atoms with Crippen LogP contribution in [-0.2, 0) is 16.8 Å². The number of rotatable bonds is 4. The zero-order valence-electron chi connectivity index (χ0n) is 9.58. The van der Waals surface area contributed by atoms with Crippen LogP contribution in [0.1, 0.15) is 25.0 Å². The number of hydrogen-bond acceptors (Lipinski definition) is 2. The van der Waals surface area contributed by atoms with Crippen molar-refractivity contribution in [1.29, 1.82) is 0 Å². The van der Waals surface area contributed by atoms with Gasteiger partial charge < -0.3 is 10.2 Å². The smallest absolute Gasteiger partial charge is 0.378 e. The van der Waals surface area contributed by atoms with E-state index in [9.17, 15) is 18.7 Å². The minimum Gasteiger partial charge on any atom is -0.477 e. The summed E-state index contributed by atoms with van der Waals surface area (Å²) in [5.41, 5.74) is -1.93. The van der Waals surface area contributed by atoms with Gasteiger partial charge in [-0.1, -0.05) is 31.2 Å². The molecule has 0 aliphatic heterocycles. The number of aryl methyl sites for hydroxylation is 1.